The first-order valence-electron chi connectivity index (χ1n) is 13.6. The van der Waals surface area contributed by atoms with Crippen molar-refractivity contribution in [2.45, 2.75) is 37.2 Å². The molecule has 2 saturated heterocycles. The van der Waals surface area contributed by atoms with Crippen LogP contribution in [0, 0.1) is 13.8 Å². The van der Waals surface area contributed by atoms with Crippen molar-refractivity contribution in [1.29, 1.82) is 0 Å². The van der Waals surface area contributed by atoms with Crippen LogP contribution in [0.25, 0.3) is 0 Å². The number of Topliss-reactive ketones (excluding diaryl/α,β-unsaturated/α-hetero) is 1. The molecular formula is C28H38N8O2S. The van der Waals surface area contributed by atoms with Crippen molar-refractivity contribution in [2.75, 3.05) is 75.8 Å². The number of nitrogens with zero attached hydrogens (tertiary/aromatic N) is 6. The SMILES string of the molecule is CC(=O)Cc1ccc(Sc2nc(Nc3cc(C)[nH]n3)c(C)c(N3CCN(CCN4CCOCC4)CC3)n2)cc1. The number of piperazine rings is 1. The lowest BCUT2D eigenvalue weighted by molar-refractivity contribution is -0.116. The van der Waals surface area contributed by atoms with Gasteiger partial charge >= 0.3 is 0 Å². The van der Waals surface area contributed by atoms with E-state index in [2.05, 4.69) is 37.1 Å². The summed E-state index contributed by atoms with van der Waals surface area (Å²) in [6, 6.07) is 10.0. The molecule has 0 radical (unpaired) electrons. The molecule has 0 bridgehead atoms. The van der Waals surface area contributed by atoms with Crippen LogP contribution in [0.4, 0.5) is 17.5 Å². The summed E-state index contributed by atoms with van der Waals surface area (Å²) in [7, 11) is 0. The Morgan fingerprint density at radius 1 is 1.00 bits per heavy atom. The fourth-order valence-electron chi connectivity index (χ4n) is 4.92. The molecule has 3 aromatic rings. The molecule has 0 spiro atoms. The number of hydrogen-bond donors (Lipinski definition) is 2. The second-order valence-corrected chi connectivity index (χ2v) is 11.3. The van der Waals surface area contributed by atoms with Gasteiger partial charge in [-0.1, -0.05) is 12.1 Å². The molecular weight excluding hydrogens is 512 g/mol. The normalized spacial score (nSPS) is 16.9. The van der Waals surface area contributed by atoms with Crippen LogP contribution in [0.3, 0.4) is 0 Å². The molecule has 2 aromatic heterocycles. The Kier molecular flexibility index (Phi) is 9.13. The van der Waals surface area contributed by atoms with Gasteiger partial charge in [0.05, 0.1) is 13.2 Å². The van der Waals surface area contributed by atoms with Crippen molar-refractivity contribution in [3.8, 4) is 0 Å². The van der Waals surface area contributed by atoms with E-state index in [9.17, 15) is 4.79 Å². The van der Waals surface area contributed by atoms with E-state index < -0.39 is 0 Å². The third-order valence-electron chi connectivity index (χ3n) is 7.15. The molecule has 5 rings (SSSR count). The Hall–Kier alpha value is -2.99. The number of rotatable bonds is 10. The number of morpholine rings is 1. The van der Waals surface area contributed by atoms with Crippen molar-refractivity contribution in [3.05, 3.63) is 47.2 Å². The van der Waals surface area contributed by atoms with E-state index in [0.29, 0.717) is 11.6 Å². The molecule has 208 valence electrons. The van der Waals surface area contributed by atoms with Crippen molar-refractivity contribution in [3.63, 3.8) is 0 Å². The molecule has 2 N–H and O–H groups in total. The van der Waals surface area contributed by atoms with Crippen LogP contribution in [0.15, 0.2) is 40.4 Å². The van der Waals surface area contributed by atoms with E-state index in [-0.39, 0.29) is 5.78 Å². The van der Waals surface area contributed by atoms with Crippen LogP contribution in [-0.4, -0.2) is 101 Å². The lowest BCUT2D eigenvalue weighted by atomic mass is 10.1. The monoisotopic (exact) mass is 550 g/mol. The molecule has 39 heavy (non-hydrogen) atoms. The van der Waals surface area contributed by atoms with Gasteiger partial charge in [-0.15, -0.1) is 0 Å². The van der Waals surface area contributed by atoms with E-state index in [0.717, 1.165) is 105 Å². The standard InChI is InChI=1S/C28H38N8O2S/c1-20-18-25(33-32-20)29-26-22(3)27(31-28(30-26)39-24-6-4-23(5-7-24)19-21(2)37)36-12-10-34(11-13-36)8-9-35-14-16-38-17-15-35/h4-7,18H,8-17,19H2,1-3H3,(H2,29,30,31,32,33). The molecule has 0 aliphatic carbocycles. The van der Waals surface area contributed by atoms with Crippen LogP contribution >= 0.6 is 11.8 Å². The minimum Gasteiger partial charge on any atom is -0.379 e. The molecule has 4 heterocycles. The Labute approximate surface area is 234 Å². The zero-order valence-electron chi connectivity index (χ0n) is 23.1. The summed E-state index contributed by atoms with van der Waals surface area (Å²) >= 11 is 1.53. The fraction of sp³-hybridized carbons (Fsp3) is 0.500. The van der Waals surface area contributed by atoms with E-state index in [4.69, 9.17) is 14.7 Å². The van der Waals surface area contributed by atoms with Gasteiger partial charge in [0.15, 0.2) is 11.0 Å². The maximum absolute atomic E-state index is 11.5. The highest BCUT2D eigenvalue weighted by Gasteiger charge is 2.23. The van der Waals surface area contributed by atoms with Gasteiger partial charge in [-0.05, 0) is 50.2 Å². The van der Waals surface area contributed by atoms with E-state index in [1.54, 1.807) is 6.92 Å². The molecule has 2 aliphatic heterocycles. The second-order valence-electron chi connectivity index (χ2n) is 10.3. The van der Waals surface area contributed by atoms with Gasteiger partial charge in [0, 0.05) is 81.0 Å². The zero-order valence-corrected chi connectivity index (χ0v) is 23.9. The molecule has 0 atom stereocenters. The maximum Gasteiger partial charge on any atom is 0.196 e. The average molecular weight is 551 g/mol. The van der Waals surface area contributed by atoms with Crippen LogP contribution < -0.4 is 10.2 Å². The topological polar surface area (TPSA) is 103 Å². The van der Waals surface area contributed by atoms with Crippen molar-refractivity contribution in [2.24, 2.45) is 0 Å². The summed E-state index contributed by atoms with van der Waals surface area (Å²) in [5.74, 6) is 2.62. The first-order valence-corrected chi connectivity index (χ1v) is 14.5. The third kappa shape index (κ3) is 7.57. The number of hydrogen-bond acceptors (Lipinski definition) is 10. The van der Waals surface area contributed by atoms with Crippen LogP contribution in [-0.2, 0) is 16.0 Å². The lowest BCUT2D eigenvalue weighted by Gasteiger charge is -2.37. The first-order chi connectivity index (χ1) is 18.9. The number of H-pyrrole nitrogens is 1. The van der Waals surface area contributed by atoms with Crippen LogP contribution in [0.1, 0.15) is 23.7 Å². The van der Waals surface area contributed by atoms with Crippen molar-refractivity contribution < 1.29 is 9.53 Å². The summed E-state index contributed by atoms with van der Waals surface area (Å²) in [5, 5.41) is 11.4. The zero-order chi connectivity index (χ0) is 27.2. The average Bonchev–Trinajstić information content (AvgIpc) is 3.35. The summed E-state index contributed by atoms with van der Waals surface area (Å²) < 4.78 is 5.48. The predicted octanol–water partition coefficient (Wildman–Crippen LogP) is 3.30. The number of nitrogens with one attached hydrogen (secondary N) is 2. The second kappa shape index (κ2) is 12.9. The number of ketones is 1. The van der Waals surface area contributed by atoms with E-state index in [1.165, 1.54) is 11.8 Å². The highest BCUT2D eigenvalue weighted by molar-refractivity contribution is 7.99. The smallest absolute Gasteiger partial charge is 0.196 e. The Morgan fingerprint density at radius 2 is 1.69 bits per heavy atom. The van der Waals surface area contributed by atoms with Crippen LogP contribution in [0.5, 0.6) is 0 Å². The predicted molar refractivity (Wildman–Crippen MR) is 154 cm³/mol. The van der Waals surface area contributed by atoms with Gasteiger partial charge < -0.3 is 15.0 Å². The number of carbonyl (C=O) groups excluding carboxylic acids is 1. The molecule has 11 heteroatoms. The minimum atomic E-state index is 0.160. The number of benzene rings is 1. The highest BCUT2D eigenvalue weighted by Crippen LogP contribution is 2.32. The third-order valence-corrected chi connectivity index (χ3v) is 8.02. The highest BCUT2D eigenvalue weighted by atomic mass is 32.2. The lowest BCUT2D eigenvalue weighted by Crippen LogP contribution is -2.49. The molecule has 2 fully saturated rings. The summed E-state index contributed by atoms with van der Waals surface area (Å²) in [6.45, 7) is 15.5. The van der Waals surface area contributed by atoms with Crippen molar-refractivity contribution in [1.82, 2.24) is 30.0 Å². The Morgan fingerprint density at radius 3 is 2.33 bits per heavy atom. The van der Waals surface area contributed by atoms with E-state index in [1.807, 2.05) is 37.3 Å². The number of ether oxygens (including phenoxy) is 1. The Bertz CT molecular complexity index is 1250. The van der Waals surface area contributed by atoms with Crippen LogP contribution in [0.2, 0.25) is 0 Å². The Balaban J connectivity index is 1.30. The van der Waals surface area contributed by atoms with Gasteiger partial charge in [0.1, 0.15) is 17.4 Å². The number of aromatic amines is 1. The number of aryl methyl sites for hydroxylation is 1. The van der Waals surface area contributed by atoms with Gasteiger partial charge in [0.25, 0.3) is 0 Å². The summed E-state index contributed by atoms with van der Waals surface area (Å²) in [5.41, 5.74) is 3.01. The summed E-state index contributed by atoms with van der Waals surface area (Å²) in [4.78, 5) is 29.8. The molecule has 1 aromatic carbocycles. The summed E-state index contributed by atoms with van der Waals surface area (Å²) in [6.07, 6.45) is 0.450. The molecule has 10 nitrogen and oxygen atoms in total. The molecule has 0 saturated carbocycles. The van der Waals surface area contributed by atoms with Gasteiger partial charge in [-0.25, -0.2) is 9.97 Å². The number of carbonyl (C=O) groups is 1. The van der Waals surface area contributed by atoms with E-state index >= 15 is 0 Å². The van der Waals surface area contributed by atoms with Gasteiger partial charge in [0.2, 0.25) is 0 Å². The van der Waals surface area contributed by atoms with Crippen molar-refractivity contribution >= 4 is 35.0 Å². The van der Waals surface area contributed by atoms with Gasteiger partial charge in [-0.3, -0.25) is 19.7 Å². The quantitative estimate of drug-likeness (QED) is 0.366. The van der Waals surface area contributed by atoms with Gasteiger partial charge in [-0.2, -0.15) is 5.10 Å². The maximum atomic E-state index is 11.5. The first kappa shape index (κ1) is 27.6. The molecule has 2 aliphatic rings. The number of aromatic nitrogens is 4. The minimum absolute atomic E-state index is 0.160. The fourth-order valence-corrected chi connectivity index (χ4v) is 5.67. The number of anilines is 3. The largest absolute Gasteiger partial charge is 0.379 e. The molecule has 0 unspecified atom stereocenters. The molecule has 0 amide bonds.